The summed E-state index contributed by atoms with van der Waals surface area (Å²) >= 11 is 1.32. The minimum Gasteiger partial charge on any atom is -0.361 e. The van der Waals surface area contributed by atoms with Gasteiger partial charge in [0.25, 0.3) is 5.91 Å². The Labute approximate surface area is 183 Å². The summed E-state index contributed by atoms with van der Waals surface area (Å²) in [6, 6.07) is 22.5. The quantitative estimate of drug-likeness (QED) is 0.452. The summed E-state index contributed by atoms with van der Waals surface area (Å²) in [5, 5.41) is 3.96. The standard InChI is InChI=1S/C24H21N3O3S/c1-15-21(16(2)30-27-15)19-13-14-20(31-19)23(28)25-26-24(29)22(17-9-5-3-6-10-17)18-11-7-4-8-12-18/h3-14,22H,1-2H3,(H,25,28)(H,26,29). The molecule has 0 aliphatic heterocycles. The predicted molar refractivity (Wildman–Crippen MR) is 120 cm³/mol. The van der Waals surface area contributed by atoms with Crippen molar-refractivity contribution in [2.24, 2.45) is 0 Å². The number of thiophene rings is 1. The number of hydrogen-bond donors (Lipinski definition) is 2. The Morgan fingerprint density at radius 2 is 1.48 bits per heavy atom. The van der Waals surface area contributed by atoms with Crippen LogP contribution in [0.1, 0.15) is 38.2 Å². The second-order valence-corrected chi connectivity index (χ2v) is 8.14. The second-order valence-electron chi connectivity index (χ2n) is 7.06. The third kappa shape index (κ3) is 4.41. The summed E-state index contributed by atoms with van der Waals surface area (Å²) in [5.41, 5.74) is 8.47. The SMILES string of the molecule is Cc1noc(C)c1-c1ccc(C(=O)NNC(=O)C(c2ccccc2)c2ccccc2)s1. The van der Waals surface area contributed by atoms with Crippen LogP contribution in [0.5, 0.6) is 0 Å². The number of carbonyl (C=O) groups excluding carboxylic acids is 2. The molecule has 31 heavy (non-hydrogen) atoms. The maximum absolute atomic E-state index is 13.0. The van der Waals surface area contributed by atoms with Crippen molar-refractivity contribution in [2.45, 2.75) is 19.8 Å². The molecule has 0 bridgehead atoms. The summed E-state index contributed by atoms with van der Waals surface area (Å²) in [7, 11) is 0. The molecule has 2 aromatic heterocycles. The topological polar surface area (TPSA) is 84.2 Å². The van der Waals surface area contributed by atoms with Crippen molar-refractivity contribution in [3.8, 4) is 10.4 Å². The number of hydrazine groups is 1. The number of aromatic nitrogens is 1. The molecule has 2 heterocycles. The normalized spacial score (nSPS) is 10.8. The van der Waals surface area contributed by atoms with Gasteiger partial charge >= 0.3 is 0 Å². The predicted octanol–water partition coefficient (Wildman–Crippen LogP) is 4.61. The third-order valence-corrected chi connectivity index (χ3v) is 6.04. The third-order valence-electron chi connectivity index (χ3n) is 4.94. The largest absolute Gasteiger partial charge is 0.361 e. The first kappa shape index (κ1) is 20.6. The first-order valence-electron chi connectivity index (χ1n) is 9.77. The summed E-state index contributed by atoms with van der Waals surface area (Å²) in [6.45, 7) is 3.70. The first-order valence-corrected chi connectivity index (χ1v) is 10.6. The van der Waals surface area contributed by atoms with Crippen LogP contribution in [0.25, 0.3) is 10.4 Å². The van der Waals surface area contributed by atoms with Crippen LogP contribution in [0.4, 0.5) is 0 Å². The molecule has 0 aliphatic carbocycles. The molecule has 2 aromatic carbocycles. The molecule has 4 aromatic rings. The van der Waals surface area contributed by atoms with E-state index in [1.54, 1.807) is 6.07 Å². The minimum atomic E-state index is -0.538. The fourth-order valence-corrected chi connectivity index (χ4v) is 4.51. The second kappa shape index (κ2) is 8.97. The summed E-state index contributed by atoms with van der Waals surface area (Å²) in [5.74, 6) is -0.526. The van der Waals surface area contributed by atoms with E-state index >= 15 is 0 Å². The van der Waals surface area contributed by atoms with Crippen molar-refractivity contribution in [1.29, 1.82) is 0 Å². The van der Waals surface area contributed by atoms with Gasteiger partial charge in [0.1, 0.15) is 5.76 Å². The molecule has 2 N–H and O–H groups in total. The van der Waals surface area contributed by atoms with Crippen molar-refractivity contribution in [3.63, 3.8) is 0 Å². The monoisotopic (exact) mass is 431 g/mol. The molecule has 156 valence electrons. The van der Waals surface area contributed by atoms with Gasteiger partial charge < -0.3 is 4.52 Å². The van der Waals surface area contributed by atoms with Crippen LogP contribution in [0.2, 0.25) is 0 Å². The molecular weight excluding hydrogens is 410 g/mol. The van der Waals surface area contributed by atoms with Gasteiger partial charge in [-0.15, -0.1) is 11.3 Å². The zero-order chi connectivity index (χ0) is 21.8. The number of rotatable bonds is 5. The van der Waals surface area contributed by atoms with Gasteiger partial charge in [0.05, 0.1) is 22.1 Å². The number of benzene rings is 2. The average molecular weight is 432 g/mol. The Morgan fingerprint density at radius 1 is 0.871 bits per heavy atom. The highest BCUT2D eigenvalue weighted by atomic mass is 32.1. The summed E-state index contributed by atoms with van der Waals surface area (Å²) < 4.78 is 5.21. The van der Waals surface area contributed by atoms with E-state index in [0.717, 1.165) is 27.3 Å². The molecule has 0 saturated heterocycles. The number of nitrogens with one attached hydrogen (secondary N) is 2. The molecule has 0 spiro atoms. The van der Waals surface area contributed by atoms with Gasteiger partial charge in [-0.1, -0.05) is 65.8 Å². The van der Waals surface area contributed by atoms with Crippen LogP contribution in [-0.4, -0.2) is 17.0 Å². The van der Waals surface area contributed by atoms with Crippen LogP contribution in [0, 0.1) is 13.8 Å². The Morgan fingerprint density at radius 3 is 2.03 bits per heavy atom. The molecule has 4 rings (SSSR count). The van der Waals surface area contributed by atoms with Crippen molar-refractivity contribution < 1.29 is 14.1 Å². The van der Waals surface area contributed by atoms with Crippen LogP contribution in [-0.2, 0) is 4.79 Å². The summed E-state index contributed by atoms with van der Waals surface area (Å²) in [4.78, 5) is 27.0. The van der Waals surface area contributed by atoms with Gasteiger partial charge in [0.15, 0.2) is 0 Å². The van der Waals surface area contributed by atoms with Crippen molar-refractivity contribution in [1.82, 2.24) is 16.0 Å². The van der Waals surface area contributed by atoms with Crippen LogP contribution in [0.3, 0.4) is 0 Å². The number of aryl methyl sites for hydroxylation is 2. The van der Waals surface area contributed by atoms with Crippen molar-refractivity contribution in [2.75, 3.05) is 0 Å². The fraction of sp³-hybridized carbons (Fsp3) is 0.125. The van der Waals surface area contributed by atoms with E-state index < -0.39 is 5.92 Å². The van der Waals surface area contributed by atoms with Gasteiger partial charge in [-0.25, -0.2) is 0 Å². The van der Waals surface area contributed by atoms with Gasteiger partial charge in [-0.3, -0.25) is 20.4 Å². The van der Waals surface area contributed by atoms with Gasteiger partial charge in [0.2, 0.25) is 5.91 Å². The van der Waals surface area contributed by atoms with E-state index in [0.29, 0.717) is 10.6 Å². The fourth-order valence-electron chi connectivity index (χ4n) is 3.47. The lowest BCUT2D eigenvalue weighted by molar-refractivity contribution is -0.122. The molecule has 0 unspecified atom stereocenters. The lowest BCUT2D eigenvalue weighted by atomic mass is 9.91. The molecule has 0 aliphatic rings. The van der Waals surface area contributed by atoms with Gasteiger partial charge in [-0.2, -0.15) is 0 Å². The molecule has 7 heteroatoms. The highest BCUT2D eigenvalue weighted by molar-refractivity contribution is 7.17. The molecule has 0 fully saturated rings. The van der Waals surface area contributed by atoms with E-state index in [1.807, 2.05) is 80.6 Å². The smallest absolute Gasteiger partial charge is 0.279 e. The lowest BCUT2D eigenvalue weighted by Crippen LogP contribution is -2.44. The van der Waals surface area contributed by atoms with Crippen LogP contribution >= 0.6 is 11.3 Å². The zero-order valence-electron chi connectivity index (χ0n) is 17.1. The highest BCUT2D eigenvalue weighted by Gasteiger charge is 2.23. The first-order chi connectivity index (χ1) is 15.0. The Balaban J connectivity index is 1.49. The van der Waals surface area contributed by atoms with E-state index in [4.69, 9.17) is 4.52 Å². The number of carbonyl (C=O) groups is 2. The average Bonchev–Trinajstić information content (AvgIpc) is 3.40. The molecular formula is C24H21N3O3S. The van der Waals surface area contributed by atoms with Crippen LogP contribution < -0.4 is 10.9 Å². The summed E-state index contributed by atoms with van der Waals surface area (Å²) in [6.07, 6.45) is 0. The van der Waals surface area contributed by atoms with Crippen molar-refractivity contribution >= 4 is 23.2 Å². The van der Waals surface area contributed by atoms with E-state index in [1.165, 1.54) is 11.3 Å². The van der Waals surface area contributed by atoms with Gasteiger partial charge in [-0.05, 0) is 37.1 Å². The Bertz CT molecular complexity index is 1140. The van der Waals surface area contributed by atoms with E-state index in [9.17, 15) is 9.59 Å². The molecule has 6 nitrogen and oxygen atoms in total. The number of amides is 2. The van der Waals surface area contributed by atoms with Gasteiger partial charge in [0, 0.05) is 4.88 Å². The lowest BCUT2D eigenvalue weighted by Gasteiger charge is -2.18. The zero-order valence-corrected chi connectivity index (χ0v) is 17.9. The maximum atomic E-state index is 13.0. The molecule has 0 radical (unpaired) electrons. The van der Waals surface area contributed by atoms with E-state index in [2.05, 4.69) is 16.0 Å². The Kier molecular flexibility index (Phi) is 5.95. The molecule has 2 amide bonds. The van der Waals surface area contributed by atoms with Crippen LogP contribution in [0.15, 0.2) is 77.3 Å². The molecule has 0 atom stereocenters. The molecule has 0 saturated carbocycles. The van der Waals surface area contributed by atoms with Crippen molar-refractivity contribution in [3.05, 3.63) is 100 Å². The Hall–Kier alpha value is -3.71. The maximum Gasteiger partial charge on any atom is 0.279 e. The van der Waals surface area contributed by atoms with E-state index in [-0.39, 0.29) is 11.8 Å². The number of nitrogens with zero attached hydrogens (tertiary/aromatic N) is 1. The number of hydrogen-bond acceptors (Lipinski definition) is 5. The highest BCUT2D eigenvalue weighted by Crippen LogP contribution is 2.33. The minimum absolute atomic E-state index is 0.312.